The average Bonchev–Trinajstić information content (AvgIpc) is 2.74. The Balaban J connectivity index is 1.77. The van der Waals surface area contributed by atoms with Crippen molar-refractivity contribution in [3.63, 3.8) is 0 Å². The lowest BCUT2D eigenvalue weighted by molar-refractivity contribution is -0.122. The monoisotopic (exact) mass is 339 g/mol. The summed E-state index contributed by atoms with van der Waals surface area (Å²) in [5, 5.41) is 8.86. The van der Waals surface area contributed by atoms with Crippen LogP contribution in [-0.4, -0.2) is 38.2 Å². The predicted molar refractivity (Wildman–Crippen MR) is 88.9 cm³/mol. The van der Waals surface area contributed by atoms with Crippen molar-refractivity contribution < 1.29 is 14.3 Å². The van der Waals surface area contributed by atoms with Crippen LogP contribution in [0.5, 0.6) is 5.75 Å². The fourth-order valence-corrected chi connectivity index (χ4v) is 2.72. The van der Waals surface area contributed by atoms with E-state index in [0.717, 1.165) is 18.4 Å². The van der Waals surface area contributed by atoms with Crippen LogP contribution >= 0.6 is 11.6 Å². The lowest BCUT2D eigenvalue weighted by atomic mass is 10.1. The third-order valence-corrected chi connectivity index (χ3v) is 4.13. The molecular weight excluding hydrogens is 318 g/mol. The first-order chi connectivity index (χ1) is 11.1. The summed E-state index contributed by atoms with van der Waals surface area (Å²) in [7, 11) is 1.58. The van der Waals surface area contributed by atoms with Gasteiger partial charge >= 0.3 is 6.03 Å². The molecular formula is C16H22ClN3O3. The Bertz CT molecular complexity index is 566. The molecule has 0 saturated carbocycles. The molecule has 1 fully saturated rings. The van der Waals surface area contributed by atoms with Gasteiger partial charge in [-0.05, 0) is 43.4 Å². The molecule has 0 aromatic heterocycles. The fraction of sp³-hybridized carbons (Fsp3) is 0.500. The molecule has 1 aliphatic heterocycles. The number of benzene rings is 1. The van der Waals surface area contributed by atoms with E-state index >= 15 is 0 Å². The molecule has 0 unspecified atom stereocenters. The molecule has 1 atom stereocenters. The van der Waals surface area contributed by atoms with E-state index in [0.29, 0.717) is 36.7 Å². The van der Waals surface area contributed by atoms with Crippen molar-refractivity contribution in [1.29, 1.82) is 0 Å². The van der Waals surface area contributed by atoms with Gasteiger partial charge in [0.25, 0.3) is 0 Å². The molecule has 2 rings (SSSR count). The minimum Gasteiger partial charge on any atom is -0.497 e. The molecule has 1 aliphatic rings. The smallest absolute Gasteiger partial charge is 0.315 e. The Hall–Kier alpha value is -1.95. The van der Waals surface area contributed by atoms with Crippen molar-refractivity contribution >= 4 is 23.5 Å². The lowest BCUT2D eigenvalue weighted by Gasteiger charge is -2.16. The van der Waals surface area contributed by atoms with Gasteiger partial charge < -0.3 is 20.7 Å². The number of ether oxygens (including phenoxy) is 1. The summed E-state index contributed by atoms with van der Waals surface area (Å²) in [6.07, 6.45) is 3.14. The fourth-order valence-electron chi connectivity index (χ4n) is 2.45. The zero-order chi connectivity index (χ0) is 16.7. The first-order valence-corrected chi connectivity index (χ1v) is 8.12. The highest BCUT2D eigenvalue weighted by atomic mass is 35.5. The average molecular weight is 340 g/mol. The number of hydrogen-bond acceptors (Lipinski definition) is 3. The van der Waals surface area contributed by atoms with Crippen LogP contribution in [0.4, 0.5) is 4.79 Å². The Morgan fingerprint density at radius 3 is 3.00 bits per heavy atom. The van der Waals surface area contributed by atoms with E-state index in [-0.39, 0.29) is 11.9 Å². The Labute approximate surface area is 140 Å². The zero-order valence-electron chi connectivity index (χ0n) is 13.2. The Morgan fingerprint density at radius 2 is 2.26 bits per heavy atom. The maximum Gasteiger partial charge on any atom is 0.315 e. The summed E-state index contributed by atoms with van der Waals surface area (Å²) in [5.41, 5.74) is 0.931. The van der Waals surface area contributed by atoms with Crippen LogP contribution in [0.15, 0.2) is 18.2 Å². The number of carbonyl (C=O) groups is 2. The number of carbonyl (C=O) groups excluding carboxylic acids is 2. The van der Waals surface area contributed by atoms with Crippen molar-refractivity contribution in [2.45, 2.75) is 31.7 Å². The highest BCUT2D eigenvalue weighted by molar-refractivity contribution is 6.31. The van der Waals surface area contributed by atoms with Gasteiger partial charge in [-0.25, -0.2) is 4.79 Å². The van der Waals surface area contributed by atoms with Crippen LogP contribution in [0.3, 0.4) is 0 Å². The first-order valence-electron chi connectivity index (χ1n) is 7.74. The number of urea groups is 1. The molecule has 0 aliphatic carbocycles. The number of hydrogen-bond donors (Lipinski definition) is 3. The van der Waals surface area contributed by atoms with Crippen LogP contribution < -0.4 is 20.7 Å². The van der Waals surface area contributed by atoms with Crippen molar-refractivity contribution in [2.24, 2.45) is 0 Å². The van der Waals surface area contributed by atoms with E-state index in [1.807, 2.05) is 12.1 Å². The predicted octanol–water partition coefficient (Wildman–Crippen LogP) is 1.86. The molecule has 0 bridgehead atoms. The van der Waals surface area contributed by atoms with Crippen LogP contribution in [0.2, 0.25) is 5.02 Å². The van der Waals surface area contributed by atoms with Gasteiger partial charge in [-0.15, -0.1) is 0 Å². The minimum atomic E-state index is -0.456. The summed E-state index contributed by atoms with van der Waals surface area (Å²) in [6.45, 7) is 1.11. The van der Waals surface area contributed by atoms with Crippen molar-refractivity contribution in [2.75, 3.05) is 20.2 Å². The SMILES string of the molecule is COc1ccc(CCNC(=O)N[C@@H]2CCCCNC2=O)c(Cl)c1. The molecule has 6 nitrogen and oxygen atoms in total. The number of rotatable bonds is 5. The number of halogens is 1. The summed E-state index contributed by atoms with van der Waals surface area (Å²) in [5.74, 6) is 0.583. The molecule has 1 saturated heterocycles. The second-order valence-electron chi connectivity index (χ2n) is 5.45. The van der Waals surface area contributed by atoms with Gasteiger partial charge in [-0.2, -0.15) is 0 Å². The van der Waals surface area contributed by atoms with Gasteiger partial charge in [0.15, 0.2) is 0 Å². The van der Waals surface area contributed by atoms with Gasteiger partial charge in [0.2, 0.25) is 5.91 Å². The molecule has 1 aromatic rings. The van der Waals surface area contributed by atoms with E-state index in [2.05, 4.69) is 16.0 Å². The lowest BCUT2D eigenvalue weighted by Crippen LogP contribution is -2.49. The van der Waals surface area contributed by atoms with E-state index < -0.39 is 6.04 Å². The van der Waals surface area contributed by atoms with Gasteiger partial charge in [0.05, 0.1) is 7.11 Å². The maximum atomic E-state index is 11.9. The summed E-state index contributed by atoms with van der Waals surface area (Å²) >= 11 is 6.16. The van der Waals surface area contributed by atoms with Crippen molar-refractivity contribution in [3.05, 3.63) is 28.8 Å². The highest BCUT2D eigenvalue weighted by Gasteiger charge is 2.21. The molecule has 23 heavy (non-hydrogen) atoms. The molecule has 1 aromatic carbocycles. The molecule has 3 N–H and O–H groups in total. The van der Waals surface area contributed by atoms with Crippen LogP contribution in [0, 0.1) is 0 Å². The largest absolute Gasteiger partial charge is 0.497 e. The molecule has 126 valence electrons. The van der Waals surface area contributed by atoms with E-state index in [1.54, 1.807) is 13.2 Å². The van der Waals surface area contributed by atoms with Crippen LogP contribution in [0.1, 0.15) is 24.8 Å². The first kappa shape index (κ1) is 17.4. The standard InChI is InChI=1S/C16H22ClN3O3/c1-23-12-6-5-11(13(17)10-12)7-9-19-16(22)20-14-4-2-3-8-18-15(14)21/h5-6,10,14H,2-4,7-9H2,1H3,(H,18,21)(H2,19,20,22)/t14-/m1/s1. The van der Waals surface area contributed by atoms with Crippen LogP contribution in [0.25, 0.3) is 0 Å². The molecule has 0 spiro atoms. The van der Waals surface area contributed by atoms with Crippen LogP contribution in [-0.2, 0) is 11.2 Å². The number of nitrogens with one attached hydrogen (secondary N) is 3. The summed E-state index contributed by atoms with van der Waals surface area (Å²) in [6, 6.07) is 4.66. The molecule has 3 amide bonds. The molecule has 0 radical (unpaired) electrons. The second kappa shape index (κ2) is 8.62. The molecule has 1 heterocycles. The third kappa shape index (κ3) is 5.32. The summed E-state index contributed by atoms with van der Waals surface area (Å²) < 4.78 is 5.10. The summed E-state index contributed by atoms with van der Waals surface area (Å²) in [4.78, 5) is 23.7. The Morgan fingerprint density at radius 1 is 1.43 bits per heavy atom. The molecule has 7 heteroatoms. The quantitative estimate of drug-likeness (QED) is 0.766. The van der Waals surface area contributed by atoms with Gasteiger partial charge in [0, 0.05) is 18.1 Å². The normalized spacial score (nSPS) is 17.8. The van der Waals surface area contributed by atoms with Crippen molar-refractivity contribution in [1.82, 2.24) is 16.0 Å². The second-order valence-corrected chi connectivity index (χ2v) is 5.85. The van der Waals surface area contributed by atoms with Gasteiger partial charge in [0.1, 0.15) is 11.8 Å². The third-order valence-electron chi connectivity index (χ3n) is 3.78. The topological polar surface area (TPSA) is 79.5 Å². The minimum absolute atomic E-state index is 0.115. The number of amides is 3. The maximum absolute atomic E-state index is 11.9. The van der Waals surface area contributed by atoms with E-state index in [4.69, 9.17) is 16.3 Å². The van der Waals surface area contributed by atoms with Gasteiger partial charge in [-0.3, -0.25) is 4.79 Å². The Kier molecular flexibility index (Phi) is 6.52. The highest BCUT2D eigenvalue weighted by Crippen LogP contribution is 2.22. The van der Waals surface area contributed by atoms with Gasteiger partial charge in [-0.1, -0.05) is 17.7 Å². The van der Waals surface area contributed by atoms with Crippen molar-refractivity contribution in [3.8, 4) is 5.75 Å². The zero-order valence-corrected chi connectivity index (χ0v) is 13.9. The van der Waals surface area contributed by atoms with E-state index in [9.17, 15) is 9.59 Å². The van der Waals surface area contributed by atoms with E-state index in [1.165, 1.54) is 0 Å². The number of methoxy groups -OCH3 is 1.